The van der Waals surface area contributed by atoms with Crippen molar-refractivity contribution in [2.75, 3.05) is 6.54 Å². The molecule has 0 aliphatic rings. The number of hydrogen-bond donors (Lipinski definition) is 2. The van der Waals surface area contributed by atoms with Crippen LogP contribution in [0.15, 0.2) is 0 Å². The predicted octanol–water partition coefficient (Wildman–Crippen LogP) is -0.591. The molecule has 0 saturated carbocycles. The number of carbonyl (C=O) groups excluding carboxylic acids is 1. The standard InChI is InChI=1S/C4H8N2OS/c1-2-6-4(8)3(5)7/h2H2,1H3,(H2,5,7)(H,6,8). The molecule has 0 rings (SSSR count). The van der Waals surface area contributed by atoms with Crippen LogP contribution >= 0.6 is 12.2 Å². The van der Waals surface area contributed by atoms with Crippen LogP contribution < -0.4 is 11.1 Å². The molecule has 46 valence electrons. The number of thiocarbonyl (C=S) groups is 1. The second kappa shape index (κ2) is 3.37. The molecule has 0 bridgehead atoms. The first kappa shape index (κ1) is 7.36. The second-order valence-corrected chi connectivity index (χ2v) is 1.63. The highest BCUT2D eigenvalue weighted by molar-refractivity contribution is 7.82. The molecule has 8 heavy (non-hydrogen) atoms. The Labute approximate surface area is 53.2 Å². The zero-order valence-corrected chi connectivity index (χ0v) is 5.42. The van der Waals surface area contributed by atoms with E-state index in [1.807, 2.05) is 6.92 Å². The summed E-state index contributed by atoms with van der Waals surface area (Å²) in [6.45, 7) is 2.48. The van der Waals surface area contributed by atoms with Gasteiger partial charge in [-0.2, -0.15) is 0 Å². The lowest BCUT2D eigenvalue weighted by atomic mass is 10.6. The molecule has 0 aliphatic carbocycles. The first-order valence-corrected chi connectivity index (χ1v) is 2.67. The predicted molar refractivity (Wildman–Crippen MR) is 35.5 cm³/mol. The number of hydrogen-bond acceptors (Lipinski definition) is 2. The van der Waals surface area contributed by atoms with Crippen molar-refractivity contribution in [3.63, 3.8) is 0 Å². The van der Waals surface area contributed by atoms with Gasteiger partial charge in [0.1, 0.15) is 0 Å². The molecular weight excluding hydrogens is 124 g/mol. The van der Waals surface area contributed by atoms with Gasteiger partial charge in [-0.1, -0.05) is 12.2 Å². The van der Waals surface area contributed by atoms with Crippen LogP contribution in [0.25, 0.3) is 0 Å². The van der Waals surface area contributed by atoms with E-state index in [0.717, 1.165) is 0 Å². The number of likely N-dealkylation sites (N-methyl/N-ethyl adjacent to an activating group) is 1. The molecule has 0 aromatic heterocycles. The minimum atomic E-state index is -0.568. The summed E-state index contributed by atoms with van der Waals surface area (Å²) in [4.78, 5) is 10.2. The third-order valence-electron chi connectivity index (χ3n) is 0.561. The van der Waals surface area contributed by atoms with E-state index in [1.54, 1.807) is 0 Å². The van der Waals surface area contributed by atoms with Gasteiger partial charge in [-0.3, -0.25) is 4.79 Å². The molecule has 1 amide bonds. The summed E-state index contributed by atoms with van der Waals surface area (Å²) in [5.74, 6) is -0.568. The summed E-state index contributed by atoms with van der Waals surface area (Å²) >= 11 is 4.49. The smallest absolute Gasteiger partial charge is 0.276 e. The van der Waals surface area contributed by atoms with E-state index < -0.39 is 5.91 Å². The summed E-state index contributed by atoms with van der Waals surface area (Å²) in [6.07, 6.45) is 0. The maximum atomic E-state index is 10.1. The Balaban J connectivity index is 3.49. The molecule has 0 aromatic carbocycles. The van der Waals surface area contributed by atoms with Gasteiger partial charge in [-0.25, -0.2) is 0 Å². The Morgan fingerprint density at radius 2 is 2.38 bits per heavy atom. The van der Waals surface area contributed by atoms with Crippen LogP contribution in [0.5, 0.6) is 0 Å². The minimum absolute atomic E-state index is 0.104. The maximum absolute atomic E-state index is 10.1. The average molecular weight is 132 g/mol. The third-order valence-corrected chi connectivity index (χ3v) is 0.907. The molecule has 0 radical (unpaired) electrons. The topological polar surface area (TPSA) is 55.1 Å². The normalized spacial score (nSPS) is 8.12. The van der Waals surface area contributed by atoms with E-state index in [0.29, 0.717) is 6.54 Å². The Hall–Kier alpha value is -0.640. The number of primary amides is 1. The van der Waals surface area contributed by atoms with E-state index in [2.05, 4.69) is 17.5 Å². The van der Waals surface area contributed by atoms with Gasteiger partial charge in [-0.05, 0) is 6.92 Å². The Morgan fingerprint density at radius 3 is 2.50 bits per heavy atom. The highest BCUT2D eigenvalue weighted by Gasteiger charge is 1.97. The van der Waals surface area contributed by atoms with Gasteiger partial charge in [-0.15, -0.1) is 0 Å². The van der Waals surface area contributed by atoms with Crippen LogP contribution in [0.2, 0.25) is 0 Å². The molecule has 0 fully saturated rings. The summed E-state index contributed by atoms with van der Waals surface area (Å²) in [7, 11) is 0. The van der Waals surface area contributed by atoms with E-state index in [-0.39, 0.29) is 4.99 Å². The van der Waals surface area contributed by atoms with Gasteiger partial charge in [0.15, 0.2) is 4.99 Å². The van der Waals surface area contributed by atoms with Gasteiger partial charge in [0.05, 0.1) is 0 Å². The quantitative estimate of drug-likeness (QED) is 0.469. The molecule has 0 aliphatic heterocycles. The molecule has 0 aromatic rings. The summed E-state index contributed by atoms with van der Waals surface area (Å²) in [5, 5.41) is 2.60. The minimum Gasteiger partial charge on any atom is -0.372 e. The van der Waals surface area contributed by atoms with Crippen LogP contribution in [-0.4, -0.2) is 17.4 Å². The lowest BCUT2D eigenvalue weighted by Gasteiger charge is -1.96. The Kier molecular flexibility index (Phi) is 3.10. The van der Waals surface area contributed by atoms with Gasteiger partial charge in [0.25, 0.3) is 5.91 Å². The molecule has 0 heterocycles. The fraction of sp³-hybridized carbons (Fsp3) is 0.500. The van der Waals surface area contributed by atoms with Crippen molar-refractivity contribution in [3.8, 4) is 0 Å². The van der Waals surface area contributed by atoms with Gasteiger partial charge < -0.3 is 11.1 Å². The van der Waals surface area contributed by atoms with Gasteiger partial charge >= 0.3 is 0 Å². The number of rotatable bonds is 1. The maximum Gasteiger partial charge on any atom is 0.276 e. The molecule has 3 nitrogen and oxygen atoms in total. The molecule has 0 atom stereocenters. The van der Waals surface area contributed by atoms with E-state index in [9.17, 15) is 4.79 Å². The zero-order valence-electron chi connectivity index (χ0n) is 4.60. The second-order valence-electron chi connectivity index (χ2n) is 1.22. The SMILES string of the molecule is CCNC(=S)C(N)=O. The highest BCUT2D eigenvalue weighted by atomic mass is 32.1. The van der Waals surface area contributed by atoms with Crippen molar-refractivity contribution < 1.29 is 4.79 Å². The van der Waals surface area contributed by atoms with Crippen molar-refractivity contribution in [2.24, 2.45) is 5.73 Å². The van der Waals surface area contributed by atoms with E-state index in [1.165, 1.54) is 0 Å². The van der Waals surface area contributed by atoms with E-state index >= 15 is 0 Å². The van der Waals surface area contributed by atoms with Crippen molar-refractivity contribution >= 4 is 23.1 Å². The van der Waals surface area contributed by atoms with Crippen molar-refractivity contribution in [1.82, 2.24) is 5.32 Å². The number of nitrogens with two attached hydrogens (primary N) is 1. The van der Waals surface area contributed by atoms with Gasteiger partial charge in [0, 0.05) is 6.54 Å². The molecule has 0 saturated heterocycles. The van der Waals surface area contributed by atoms with Crippen molar-refractivity contribution in [2.45, 2.75) is 6.92 Å². The van der Waals surface area contributed by atoms with Crippen LogP contribution in [0.3, 0.4) is 0 Å². The molecule has 3 N–H and O–H groups in total. The van der Waals surface area contributed by atoms with Crippen LogP contribution in [0.4, 0.5) is 0 Å². The number of amides is 1. The lowest BCUT2D eigenvalue weighted by molar-refractivity contribution is -0.112. The fourth-order valence-corrected chi connectivity index (χ4v) is 0.392. The van der Waals surface area contributed by atoms with E-state index in [4.69, 9.17) is 5.73 Å². The number of carbonyl (C=O) groups is 1. The fourth-order valence-electron chi connectivity index (χ4n) is 0.248. The lowest BCUT2D eigenvalue weighted by Crippen LogP contribution is -2.33. The van der Waals surface area contributed by atoms with Crippen molar-refractivity contribution in [1.29, 1.82) is 0 Å². The van der Waals surface area contributed by atoms with Crippen LogP contribution in [0.1, 0.15) is 6.92 Å². The largest absolute Gasteiger partial charge is 0.372 e. The van der Waals surface area contributed by atoms with Gasteiger partial charge in [0.2, 0.25) is 0 Å². The molecule has 4 heteroatoms. The zero-order chi connectivity index (χ0) is 6.57. The highest BCUT2D eigenvalue weighted by Crippen LogP contribution is 1.66. The average Bonchev–Trinajstić information content (AvgIpc) is 1.67. The molecule has 0 spiro atoms. The Morgan fingerprint density at radius 1 is 1.88 bits per heavy atom. The molecular formula is C4H8N2OS. The molecule has 0 unspecified atom stereocenters. The first-order valence-electron chi connectivity index (χ1n) is 2.26. The van der Waals surface area contributed by atoms with Crippen LogP contribution in [0, 0.1) is 0 Å². The Bertz CT molecular complexity index is 113. The van der Waals surface area contributed by atoms with Crippen molar-refractivity contribution in [3.05, 3.63) is 0 Å². The number of nitrogens with one attached hydrogen (secondary N) is 1. The van der Waals surface area contributed by atoms with Crippen LogP contribution in [-0.2, 0) is 4.79 Å². The summed E-state index contributed by atoms with van der Waals surface area (Å²) in [6, 6.07) is 0. The monoisotopic (exact) mass is 132 g/mol. The summed E-state index contributed by atoms with van der Waals surface area (Å²) in [5.41, 5.74) is 4.78. The third kappa shape index (κ3) is 2.52. The summed E-state index contributed by atoms with van der Waals surface area (Å²) < 4.78 is 0. The first-order chi connectivity index (χ1) is 3.68.